The molecule has 0 fully saturated rings. The van der Waals surface area contributed by atoms with Gasteiger partial charge in [0.15, 0.2) is 3.77 Å². The summed E-state index contributed by atoms with van der Waals surface area (Å²) in [5, 5.41) is 14.5. The quantitative estimate of drug-likeness (QED) is 0.704. The van der Waals surface area contributed by atoms with Crippen molar-refractivity contribution in [3.05, 3.63) is 51.7 Å². The number of hydrogen-bond donors (Lipinski definition) is 1. The Morgan fingerprint density at radius 3 is 2.85 bits per heavy atom. The highest BCUT2D eigenvalue weighted by Crippen LogP contribution is 2.19. The number of aryl methyl sites for hydroxylation is 1. The number of furan rings is 1. The van der Waals surface area contributed by atoms with Crippen molar-refractivity contribution < 1.29 is 4.42 Å². The molecule has 7 heteroatoms. The summed E-state index contributed by atoms with van der Waals surface area (Å²) in [7, 11) is 0. The van der Waals surface area contributed by atoms with Gasteiger partial charge in [0, 0.05) is 5.69 Å². The Hall–Kier alpha value is -1.90. The predicted molar refractivity (Wildman–Crippen MR) is 82.6 cm³/mol. The van der Waals surface area contributed by atoms with Crippen LogP contribution in [0.2, 0.25) is 0 Å². The van der Waals surface area contributed by atoms with Crippen LogP contribution in [0, 0.1) is 10.7 Å². The number of aromatic nitrogens is 4. The molecule has 0 aliphatic carbocycles. The van der Waals surface area contributed by atoms with E-state index in [2.05, 4.69) is 49.5 Å². The Morgan fingerprint density at radius 2 is 2.20 bits per heavy atom. The Morgan fingerprint density at radius 1 is 1.30 bits per heavy atom. The van der Waals surface area contributed by atoms with Gasteiger partial charge in [0.2, 0.25) is 0 Å². The van der Waals surface area contributed by atoms with Crippen molar-refractivity contribution in [3.8, 4) is 5.69 Å². The second kappa shape index (κ2) is 5.61. The van der Waals surface area contributed by atoms with Crippen molar-refractivity contribution >= 4 is 28.3 Å². The molecule has 0 bridgehead atoms. The third kappa shape index (κ3) is 2.82. The fourth-order valence-electron chi connectivity index (χ4n) is 1.93. The Kier molecular flexibility index (Phi) is 3.68. The highest BCUT2D eigenvalue weighted by atomic mass is 127. The van der Waals surface area contributed by atoms with Gasteiger partial charge in [-0.25, -0.2) is 4.68 Å². The first-order chi connectivity index (χ1) is 9.72. The average molecular weight is 381 g/mol. The molecule has 2 aromatic heterocycles. The number of nitrogens with one attached hydrogen (secondary N) is 1. The molecule has 0 saturated heterocycles. The fourth-order valence-corrected chi connectivity index (χ4v) is 2.39. The van der Waals surface area contributed by atoms with E-state index in [1.54, 1.807) is 11.0 Å². The molecule has 1 N–H and O–H groups in total. The van der Waals surface area contributed by atoms with E-state index in [-0.39, 0.29) is 0 Å². The number of nitrogens with zero attached hydrogens (tertiary/aromatic N) is 4. The zero-order chi connectivity index (χ0) is 13.9. The van der Waals surface area contributed by atoms with Gasteiger partial charge in [-0.15, -0.1) is 5.10 Å². The van der Waals surface area contributed by atoms with Gasteiger partial charge in [0.25, 0.3) is 0 Å². The SMILES string of the molecule is Cc1cc(NCc2ccc(I)o2)ccc1-n1cnnn1. The molecular weight excluding hydrogens is 369 g/mol. The summed E-state index contributed by atoms with van der Waals surface area (Å²) >= 11 is 2.15. The minimum Gasteiger partial charge on any atom is -0.454 e. The smallest absolute Gasteiger partial charge is 0.164 e. The average Bonchev–Trinajstić information content (AvgIpc) is 3.08. The maximum Gasteiger partial charge on any atom is 0.164 e. The van der Waals surface area contributed by atoms with E-state index in [1.165, 1.54) is 0 Å². The first-order valence-corrected chi connectivity index (χ1v) is 7.12. The van der Waals surface area contributed by atoms with Gasteiger partial charge in [0.1, 0.15) is 12.1 Å². The first kappa shape index (κ1) is 13.1. The number of benzene rings is 1. The van der Waals surface area contributed by atoms with Crippen LogP contribution >= 0.6 is 22.6 Å². The van der Waals surface area contributed by atoms with Gasteiger partial charge in [0.05, 0.1) is 12.2 Å². The highest BCUT2D eigenvalue weighted by molar-refractivity contribution is 14.1. The normalized spacial score (nSPS) is 10.7. The van der Waals surface area contributed by atoms with E-state index >= 15 is 0 Å². The minimum atomic E-state index is 0.659. The third-order valence-corrected chi connectivity index (χ3v) is 3.47. The number of rotatable bonds is 4. The highest BCUT2D eigenvalue weighted by Gasteiger charge is 2.04. The van der Waals surface area contributed by atoms with E-state index in [0.717, 1.165) is 26.5 Å². The third-order valence-electron chi connectivity index (χ3n) is 2.89. The molecule has 102 valence electrons. The standard InChI is InChI=1S/C13H12IN5O/c1-9-6-10(15-7-11-3-5-13(14)20-11)2-4-12(9)19-8-16-17-18-19/h2-6,8,15H,7H2,1H3. The second-order valence-electron chi connectivity index (χ2n) is 4.32. The van der Waals surface area contributed by atoms with Crippen LogP contribution in [-0.4, -0.2) is 20.2 Å². The minimum absolute atomic E-state index is 0.659. The van der Waals surface area contributed by atoms with Crippen LogP contribution in [0.3, 0.4) is 0 Å². The molecule has 6 nitrogen and oxygen atoms in total. The molecule has 3 aromatic rings. The Labute approximate surface area is 129 Å². The molecule has 0 aliphatic heterocycles. The number of hydrogen-bond acceptors (Lipinski definition) is 5. The molecule has 0 aliphatic rings. The van der Waals surface area contributed by atoms with E-state index in [4.69, 9.17) is 4.42 Å². The number of halogens is 1. The first-order valence-electron chi connectivity index (χ1n) is 6.04. The van der Waals surface area contributed by atoms with Crippen LogP contribution < -0.4 is 5.32 Å². The molecule has 0 saturated carbocycles. The fraction of sp³-hybridized carbons (Fsp3) is 0.154. The Bertz CT molecular complexity index is 707. The van der Waals surface area contributed by atoms with Gasteiger partial charge < -0.3 is 9.73 Å². The van der Waals surface area contributed by atoms with Gasteiger partial charge >= 0.3 is 0 Å². The molecule has 3 rings (SSSR count). The molecule has 0 unspecified atom stereocenters. The van der Waals surface area contributed by atoms with Crippen LogP contribution in [0.15, 0.2) is 41.1 Å². The van der Waals surface area contributed by atoms with E-state index in [9.17, 15) is 0 Å². The van der Waals surface area contributed by atoms with Gasteiger partial charge in [-0.1, -0.05) is 0 Å². The topological polar surface area (TPSA) is 68.8 Å². The van der Waals surface area contributed by atoms with Crippen molar-refractivity contribution in [1.82, 2.24) is 20.2 Å². The number of anilines is 1. The lowest BCUT2D eigenvalue weighted by molar-refractivity contribution is 0.493. The van der Waals surface area contributed by atoms with Crippen LogP contribution in [0.5, 0.6) is 0 Å². The molecular formula is C13H12IN5O. The van der Waals surface area contributed by atoms with Crippen LogP contribution in [0.25, 0.3) is 5.69 Å². The summed E-state index contributed by atoms with van der Waals surface area (Å²) in [6.07, 6.45) is 1.58. The summed E-state index contributed by atoms with van der Waals surface area (Å²) in [6, 6.07) is 9.96. The van der Waals surface area contributed by atoms with Gasteiger partial charge in [-0.05, 0) is 75.8 Å². The summed E-state index contributed by atoms with van der Waals surface area (Å²) < 4.78 is 8.05. The summed E-state index contributed by atoms with van der Waals surface area (Å²) in [5.41, 5.74) is 3.09. The van der Waals surface area contributed by atoms with E-state index in [0.29, 0.717) is 6.54 Å². The zero-order valence-electron chi connectivity index (χ0n) is 10.7. The van der Waals surface area contributed by atoms with Crippen LogP contribution in [0.4, 0.5) is 5.69 Å². The van der Waals surface area contributed by atoms with Gasteiger partial charge in [-0.3, -0.25) is 0 Å². The molecule has 20 heavy (non-hydrogen) atoms. The molecule has 0 amide bonds. The van der Waals surface area contributed by atoms with Crippen LogP contribution in [0.1, 0.15) is 11.3 Å². The maximum atomic E-state index is 5.51. The summed E-state index contributed by atoms with van der Waals surface area (Å²) in [5.74, 6) is 0.914. The molecule has 0 spiro atoms. The van der Waals surface area contributed by atoms with Crippen molar-refractivity contribution in [1.29, 1.82) is 0 Å². The lowest BCUT2D eigenvalue weighted by atomic mass is 10.2. The van der Waals surface area contributed by atoms with Gasteiger partial charge in [-0.2, -0.15) is 0 Å². The van der Waals surface area contributed by atoms with Crippen LogP contribution in [-0.2, 0) is 6.54 Å². The lowest BCUT2D eigenvalue weighted by Gasteiger charge is -2.09. The maximum absolute atomic E-state index is 5.51. The monoisotopic (exact) mass is 381 g/mol. The lowest BCUT2D eigenvalue weighted by Crippen LogP contribution is -2.01. The van der Waals surface area contributed by atoms with Crippen molar-refractivity contribution in [2.24, 2.45) is 0 Å². The predicted octanol–water partition coefficient (Wildman–Crippen LogP) is 2.78. The van der Waals surface area contributed by atoms with Crippen molar-refractivity contribution in [2.45, 2.75) is 13.5 Å². The second-order valence-corrected chi connectivity index (χ2v) is 5.38. The molecule has 0 atom stereocenters. The van der Waals surface area contributed by atoms with Crippen molar-refractivity contribution in [2.75, 3.05) is 5.32 Å². The summed E-state index contributed by atoms with van der Waals surface area (Å²) in [4.78, 5) is 0. The summed E-state index contributed by atoms with van der Waals surface area (Å²) in [6.45, 7) is 2.69. The van der Waals surface area contributed by atoms with Crippen molar-refractivity contribution in [3.63, 3.8) is 0 Å². The Balaban J connectivity index is 1.74. The van der Waals surface area contributed by atoms with E-state index < -0.39 is 0 Å². The zero-order valence-corrected chi connectivity index (χ0v) is 12.9. The molecule has 0 radical (unpaired) electrons. The largest absolute Gasteiger partial charge is 0.454 e. The molecule has 1 aromatic carbocycles. The number of tetrazole rings is 1. The van der Waals surface area contributed by atoms with E-state index in [1.807, 2.05) is 31.2 Å². The molecule has 2 heterocycles.